The first-order valence-electron chi connectivity index (χ1n) is 11.6. The zero-order chi connectivity index (χ0) is 27.7. The van der Waals surface area contributed by atoms with Crippen LogP contribution in [0.2, 0.25) is 0 Å². The number of hydrogen-bond donors (Lipinski definition) is 2. The number of aliphatic hydroxyl groups excluding tert-OH is 2. The summed E-state index contributed by atoms with van der Waals surface area (Å²) < 4.78 is 57.4. The van der Waals surface area contributed by atoms with Crippen molar-refractivity contribution in [3.8, 4) is 11.3 Å². The van der Waals surface area contributed by atoms with E-state index in [0.29, 0.717) is 5.82 Å². The van der Waals surface area contributed by atoms with Gasteiger partial charge in [0.15, 0.2) is 17.5 Å². The van der Waals surface area contributed by atoms with E-state index in [2.05, 4.69) is 36.2 Å². The molecule has 15 heteroatoms. The highest BCUT2D eigenvalue weighted by Gasteiger charge is 2.48. The van der Waals surface area contributed by atoms with Crippen molar-refractivity contribution < 1.29 is 32.9 Å². The van der Waals surface area contributed by atoms with E-state index in [9.17, 15) is 23.4 Å². The minimum absolute atomic E-state index is 0.0373. The average molecular weight is 627 g/mol. The van der Waals surface area contributed by atoms with E-state index >= 15 is 0 Å². The molecule has 1 aliphatic heterocycles. The number of nitrogens with zero attached hydrogens (tertiary/aromatic N) is 6. The smallest absolute Gasteiger partial charge is 0.194 e. The fourth-order valence-electron chi connectivity index (χ4n) is 4.19. The predicted octanol–water partition coefficient (Wildman–Crippen LogP) is 3.25. The fraction of sp³-hybridized carbons (Fsp3) is 0.333. The number of imidazole rings is 1. The summed E-state index contributed by atoms with van der Waals surface area (Å²) in [5, 5.41) is 29.3. The molecule has 5 unspecified atom stereocenters. The second kappa shape index (κ2) is 11.7. The highest BCUT2D eigenvalue weighted by molar-refractivity contribution is 9.10. The minimum atomic E-state index is -1.60. The third kappa shape index (κ3) is 5.88. The van der Waals surface area contributed by atoms with Gasteiger partial charge < -0.3 is 24.3 Å². The van der Waals surface area contributed by atoms with E-state index in [4.69, 9.17) is 9.47 Å². The first-order valence-corrected chi connectivity index (χ1v) is 13.3. The molecule has 1 aromatic carbocycles. The summed E-state index contributed by atoms with van der Waals surface area (Å²) in [5.74, 6) is -3.74. The second-order valence-electron chi connectivity index (χ2n) is 8.73. The molecule has 2 N–H and O–H groups in total. The largest absolute Gasteiger partial charge is 0.394 e. The summed E-state index contributed by atoms with van der Waals surface area (Å²) in [6, 6.07) is 2.48. The number of halogens is 4. The van der Waals surface area contributed by atoms with Crippen LogP contribution in [0.5, 0.6) is 0 Å². The molecule has 0 aliphatic carbocycles. The van der Waals surface area contributed by atoms with Crippen LogP contribution in [0.25, 0.3) is 11.3 Å². The molecule has 5 rings (SSSR count). The maximum absolute atomic E-state index is 13.9. The van der Waals surface area contributed by atoms with Gasteiger partial charge in [-0.15, -0.1) is 5.10 Å². The Morgan fingerprint density at radius 3 is 2.62 bits per heavy atom. The minimum Gasteiger partial charge on any atom is -0.394 e. The Hall–Kier alpha value is -2.82. The third-order valence-corrected chi connectivity index (χ3v) is 7.72. The van der Waals surface area contributed by atoms with E-state index in [1.165, 1.54) is 22.6 Å². The number of hydrogen-bond acceptors (Lipinski definition) is 9. The lowest BCUT2D eigenvalue weighted by atomic mass is 9.97. The van der Waals surface area contributed by atoms with Gasteiger partial charge in [-0.1, -0.05) is 17.0 Å². The number of aromatic nitrogens is 6. The van der Waals surface area contributed by atoms with E-state index < -0.39 is 53.8 Å². The molecule has 5 atom stereocenters. The van der Waals surface area contributed by atoms with Gasteiger partial charge >= 0.3 is 0 Å². The maximum atomic E-state index is 13.9. The van der Waals surface area contributed by atoms with Crippen molar-refractivity contribution in [3.63, 3.8) is 0 Å². The first kappa shape index (κ1) is 27.7. The molecule has 1 saturated heterocycles. The van der Waals surface area contributed by atoms with Crippen LogP contribution in [-0.4, -0.2) is 70.1 Å². The van der Waals surface area contributed by atoms with Crippen LogP contribution in [-0.2, 0) is 23.1 Å². The highest BCUT2D eigenvalue weighted by Crippen LogP contribution is 2.40. The van der Waals surface area contributed by atoms with Crippen LogP contribution in [0.15, 0.2) is 58.6 Å². The number of benzene rings is 1. The van der Waals surface area contributed by atoms with Gasteiger partial charge in [-0.3, -0.25) is 4.98 Å². The molecule has 0 radical (unpaired) electrons. The second-order valence-corrected chi connectivity index (χ2v) is 10.8. The molecule has 39 heavy (non-hydrogen) atoms. The molecule has 1 fully saturated rings. The lowest BCUT2D eigenvalue weighted by molar-refractivity contribution is -0.196. The molecular weight excluding hydrogens is 605 g/mol. The molecule has 10 nitrogen and oxygen atoms in total. The van der Waals surface area contributed by atoms with E-state index in [1.807, 2.05) is 6.07 Å². The van der Waals surface area contributed by atoms with Gasteiger partial charge in [0.2, 0.25) is 0 Å². The summed E-state index contributed by atoms with van der Waals surface area (Å²) >= 11 is 4.66. The summed E-state index contributed by atoms with van der Waals surface area (Å²) in [5.41, 5.74) is -0.773. The number of aryl methyl sites for hydroxylation is 1. The Bertz CT molecular complexity index is 1440. The average Bonchev–Trinajstić information content (AvgIpc) is 3.56. The van der Waals surface area contributed by atoms with Crippen LogP contribution >= 0.6 is 27.7 Å². The van der Waals surface area contributed by atoms with Crippen molar-refractivity contribution in [3.05, 3.63) is 76.9 Å². The van der Waals surface area contributed by atoms with Crippen LogP contribution in [0.3, 0.4) is 0 Å². The first-order chi connectivity index (χ1) is 18.7. The van der Waals surface area contributed by atoms with E-state index in [0.717, 1.165) is 21.5 Å². The number of aliphatic hydroxyl groups is 2. The van der Waals surface area contributed by atoms with Gasteiger partial charge in [-0.05, 0) is 34.1 Å². The Morgan fingerprint density at radius 1 is 1.18 bits per heavy atom. The summed E-state index contributed by atoms with van der Waals surface area (Å²) in [7, 11) is 1.81. The summed E-state index contributed by atoms with van der Waals surface area (Å²) in [6.07, 6.45) is 4.79. The van der Waals surface area contributed by atoms with Crippen molar-refractivity contribution in [1.29, 1.82) is 0 Å². The lowest BCUT2D eigenvalue weighted by Gasteiger charge is -2.43. The third-order valence-electron chi connectivity index (χ3n) is 6.18. The van der Waals surface area contributed by atoms with Gasteiger partial charge in [0.25, 0.3) is 0 Å². The van der Waals surface area contributed by atoms with Crippen molar-refractivity contribution in [2.24, 2.45) is 7.05 Å². The molecular formula is C24H22BrF3N6O4S. The van der Waals surface area contributed by atoms with Gasteiger partial charge in [-0.25, -0.2) is 22.8 Å². The molecule has 206 valence electrons. The molecule has 3 aromatic heterocycles. The van der Waals surface area contributed by atoms with Gasteiger partial charge in [0, 0.05) is 46.8 Å². The van der Waals surface area contributed by atoms with Gasteiger partial charge in [-0.2, -0.15) is 0 Å². The molecule has 1 aliphatic rings. The normalized spacial score (nSPS) is 23.3. The van der Waals surface area contributed by atoms with Crippen molar-refractivity contribution in [1.82, 2.24) is 29.5 Å². The number of ether oxygens (including phenoxy) is 2. The molecule has 0 saturated carbocycles. The van der Waals surface area contributed by atoms with Crippen molar-refractivity contribution in [2.75, 3.05) is 6.61 Å². The maximum Gasteiger partial charge on any atom is 0.194 e. The SMILES string of the molecule is Cn1ccnc1COC1C(Sc2cncc(Br)c2)OC(CO)C(O)C1n1cc(-c2cc(F)c(F)c(F)c2)nn1. The fourth-order valence-corrected chi connectivity index (χ4v) is 5.86. The highest BCUT2D eigenvalue weighted by atomic mass is 79.9. The quantitative estimate of drug-likeness (QED) is 0.284. The van der Waals surface area contributed by atoms with E-state index in [1.54, 1.807) is 36.4 Å². The van der Waals surface area contributed by atoms with Crippen LogP contribution in [0.1, 0.15) is 11.9 Å². The lowest BCUT2D eigenvalue weighted by Crippen LogP contribution is -2.55. The van der Waals surface area contributed by atoms with Crippen LogP contribution < -0.4 is 0 Å². The number of thioether (sulfide) groups is 1. The van der Waals surface area contributed by atoms with Crippen molar-refractivity contribution in [2.45, 2.75) is 41.3 Å². The molecule has 0 spiro atoms. The molecule has 4 aromatic rings. The zero-order valence-corrected chi connectivity index (χ0v) is 22.6. The van der Waals surface area contributed by atoms with Gasteiger partial charge in [0.1, 0.15) is 47.9 Å². The zero-order valence-electron chi connectivity index (χ0n) is 20.2. The Kier molecular flexibility index (Phi) is 8.35. The number of rotatable bonds is 8. The Morgan fingerprint density at radius 2 is 1.95 bits per heavy atom. The molecule has 4 heterocycles. The topological polar surface area (TPSA) is 120 Å². The van der Waals surface area contributed by atoms with Crippen LogP contribution in [0, 0.1) is 17.5 Å². The predicted molar refractivity (Wildman–Crippen MR) is 136 cm³/mol. The van der Waals surface area contributed by atoms with Crippen LogP contribution in [0.4, 0.5) is 13.2 Å². The van der Waals surface area contributed by atoms with Crippen molar-refractivity contribution >= 4 is 27.7 Å². The Labute approximate surface area is 232 Å². The van der Waals surface area contributed by atoms with Gasteiger partial charge in [0.05, 0.1) is 12.8 Å². The molecule has 0 amide bonds. The number of pyridine rings is 1. The summed E-state index contributed by atoms with van der Waals surface area (Å²) in [4.78, 5) is 9.17. The van der Waals surface area contributed by atoms with E-state index in [-0.39, 0.29) is 17.9 Å². The summed E-state index contributed by atoms with van der Waals surface area (Å²) in [6.45, 7) is -0.457. The molecule has 0 bridgehead atoms. The monoisotopic (exact) mass is 626 g/mol. The Balaban J connectivity index is 1.52. The standard InChI is InChI=1S/C24H22BrF3N6O4S/c1-33-3-2-30-19(33)11-37-23-21(34-9-17(31-32-34)12-4-15(26)20(28)16(27)5-12)22(36)18(10-35)38-24(23)39-14-6-13(25)7-29-8-14/h2-9,18,21-24,35-36H,10-11H2,1H3.